The van der Waals surface area contributed by atoms with E-state index < -0.39 is 28.4 Å². The summed E-state index contributed by atoms with van der Waals surface area (Å²) in [5.74, 6) is -0.998. The number of benzene rings is 3. The predicted molar refractivity (Wildman–Crippen MR) is 131 cm³/mol. The number of nitro benzene ring substituents is 1. The van der Waals surface area contributed by atoms with Crippen molar-refractivity contribution >= 4 is 28.8 Å². The summed E-state index contributed by atoms with van der Waals surface area (Å²) < 4.78 is 10.8. The number of Topliss-reactive ketones (excluding diaryl/α,β-unsaturated/α-hetero) is 1. The minimum atomic E-state index is -0.967. The Morgan fingerprint density at radius 2 is 1.75 bits per heavy atom. The number of non-ortho nitro benzene ring substituents is 1. The van der Waals surface area contributed by atoms with Crippen LogP contribution in [-0.4, -0.2) is 28.5 Å². The molecule has 0 aromatic heterocycles. The average molecular weight is 486 g/mol. The molecule has 0 spiro atoms. The maximum Gasteiger partial charge on any atom is 0.300 e. The number of carbonyl (C=O) groups excluding carboxylic acids is 2. The van der Waals surface area contributed by atoms with Gasteiger partial charge in [-0.25, -0.2) is 0 Å². The van der Waals surface area contributed by atoms with Crippen LogP contribution in [0.25, 0.3) is 5.76 Å². The van der Waals surface area contributed by atoms with Gasteiger partial charge in [-0.15, -0.1) is 0 Å². The van der Waals surface area contributed by atoms with Crippen LogP contribution in [0, 0.1) is 10.1 Å². The van der Waals surface area contributed by atoms with Crippen LogP contribution in [0.5, 0.6) is 11.5 Å². The fraction of sp³-hybridized carbons (Fsp3) is 0.185. The first-order chi connectivity index (χ1) is 17.3. The van der Waals surface area contributed by atoms with E-state index >= 15 is 0 Å². The van der Waals surface area contributed by atoms with Gasteiger partial charge in [-0.2, -0.15) is 0 Å². The van der Waals surface area contributed by atoms with E-state index in [4.69, 9.17) is 9.47 Å². The van der Waals surface area contributed by atoms with Crippen LogP contribution in [0.2, 0.25) is 0 Å². The number of ether oxygens (including phenoxy) is 2. The van der Waals surface area contributed by atoms with Gasteiger partial charge in [0.15, 0.2) is 11.5 Å². The summed E-state index contributed by atoms with van der Waals surface area (Å²) in [5.41, 5.74) is 1.71. The number of rotatable bonds is 5. The minimum Gasteiger partial charge on any atom is -0.507 e. The molecule has 1 N–H and O–H groups in total. The van der Waals surface area contributed by atoms with Crippen molar-refractivity contribution in [2.45, 2.75) is 25.8 Å². The Balaban J connectivity index is 1.70. The van der Waals surface area contributed by atoms with Crippen molar-refractivity contribution in [2.75, 3.05) is 11.7 Å². The maximum absolute atomic E-state index is 13.3. The van der Waals surface area contributed by atoms with Gasteiger partial charge in [-0.3, -0.25) is 24.6 Å². The number of hydrogen-bond donors (Lipinski definition) is 1. The Bertz CT molecular complexity index is 1430. The second kappa shape index (κ2) is 8.84. The highest BCUT2D eigenvalue weighted by molar-refractivity contribution is 6.51. The van der Waals surface area contributed by atoms with Crippen LogP contribution in [0.4, 0.5) is 11.4 Å². The number of carbonyl (C=O) groups is 2. The summed E-state index contributed by atoms with van der Waals surface area (Å²) in [6.45, 7) is 4.15. The number of nitro groups is 1. The van der Waals surface area contributed by atoms with Crippen molar-refractivity contribution in [3.8, 4) is 11.5 Å². The summed E-state index contributed by atoms with van der Waals surface area (Å²) in [6, 6.07) is 16.7. The fourth-order valence-corrected chi connectivity index (χ4v) is 4.43. The summed E-state index contributed by atoms with van der Waals surface area (Å²) in [6.07, 6.45) is 0. The summed E-state index contributed by atoms with van der Waals surface area (Å²) in [5, 5.41) is 22.5. The number of aliphatic hydroxyl groups excluding tert-OH is 1. The smallest absolute Gasteiger partial charge is 0.300 e. The molecule has 1 atom stereocenters. The van der Waals surface area contributed by atoms with E-state index in [1.54, 1.807) is 18.2 Å². The van der Waals surface area contributed by atoms with Crippen LogP contribution in [0.1, 0.15) is 42.5 Å². The standard InChI is InChI=1S/C27H22N2O7/c1-15(2)16-6-8-17(9-7-16)24-23(25(30)18-4-3-5-20(12-18)29(33)34)26(31)27(32)28(24)19-10-11-21-22(13-19)36-14-35-21/h3-13,15,24,30H,14H2,1-2H3/b25-23+. The molecule has 0 saturated carbocycles. The number of fused-ring (bicyclic) bond motifs is 1. The predicted octanol–water partition coefficient (Wildman–Crippen LogP) is 5.07. The summed E-state index contributed by atoms with van der Waals surface area (Å²) in [4.78, 5) is 38.6. The van der Waals surface area contributed by atoms with Crippen molar-refractivity contribution in [2.24, 2.45) is 0 Å². The Morgan fingerprint density at radius 3 is 2.44 bits per heavy atom. The van der Waals surface area contributed by atoms with Crippen LogP contribution >= 0.6 is 0 Å². The molecule has 2 aliphatic rings. The van der Waals surface area contributed by atoms with Gasteiger partial charge in [0.1, 0.15) is 5.76 Å². The lowest BCUT2D eigenvalue weighted by atomic mass is 9.93. The first-order valence-electron chi connectivity index (χ1n) is 11.3. The third kappa shape index (κ3) is 3.84. The topological polar surface area (TPSA) is 119 Å². The van der Waals surface area contributed by atoms with Crippen molar-refractivity contribution in [1.82, 2.24) is 0 Å². The minimum absolute atomic E-state index is 0.0461. The third-order valence-electron chi connectivity index (χ3n) is 6.33. The van der Waals surface area contributed by atoms with Crippen molar-refractivity contribution in [3.63, 3.8) is 0 Å². The molecule has 3 aromatic carbocycles. The number of nitrogens with zero attached hydrogens (tertiary/aromatic N) is 2. The second-order valence-electron chi connectivity index (χ2n) is 8.84. The van der Waals surface area contributed by atoms with E-state index in [1.807, 2.05) is 24.3 Å². The monoisotopic (exact) mass is 486 g/mol. The van der Waals surface area contributed by atoms with E-state index in [1.165, 1.54) is 29.2 Å². The summed E-state index contributed by atoms with van der Waals surface area (Å²) in [7, 11) is 0. The zero-order chi connectivity index (χ0) is 25.6. The molecule has 1 saturated heterocycles. The van der Waals surface area contributed by atoms with Gasteiger partial charge in [0, 0.05) is 29.4 Å². The number of anilines is 1. The molecule has 1 amide bonds. The summed E-state index contributed by atoms with van der Waals surface area (Å²) >= 11 is 0. The van der Waals surface area contributed by atoms with Crippen molar-refractivity contribution in [3.05, 3.63) is 99.1 Å². The van der Waals surface area contributed by atoms with Crippen molar-refractivity contribution in [1.29, 1.82) is 0 Å². The van der Waals surface area contributed by atoms with Gasteiger partial charge in [0.05, 0.1) is 16.5 Å². The zero-order valence-corrected chi connectivity index (χ0v) is 19.5. The van der Waals surface area contributed by atoms with Gasteiger partial charge in [0.25, 0.3) is 17.4 Å². The molecule has 3 aromatic rings. The highest BCUT2D eigenvalue weighted by atomic mass is 16.7. The molecule has 2 heterocycles. The molecule has 9 nitrogen and oxygen atoms in total. The SMILES string of the molecule is CC(C)c1ccc(C2/C(=C(\O)c3cccc([N+](=O)[O-])c3)C(=O)C(=O)N2c2ccc3c(c2)OCO3)cc1. The van der Waals surface area contributed by atoms with Crippen molar-refractivity contribution < 1.29 is 29.1 Å². The first kappa shape index (κ1) is 23.1. The molecule has 0 radical (unpaired) electrons. The highest BCUT2D eigenvalue weighted by Gasteiger charge is 2.47. The molecule has 0 bridgehead atoms. The first-order valence-corrected chi connectivity index (χ1v) is 11.3. The van der Waals surface area contributed by atoms with Gasteiger partial charge >= 0.3 is 0 Å². The van der Waals surface area contributed by atoms with Crippen LogP contribution in [0.3, 0.4) is 0 Å². The molecule has 9 heteroatoms. The van der Waals surface area contributed by atoms with E-state index in [2.05, 4.69) is 13.8 Å². The van der Waals surface area contributed by atoms with Gasteiger partial charge in [-0.05, 0) is 29.2 Å². The maximum atomic E-state index is 13.3. The lowest BCUT2D eigenvalue weighted by Gasteiger charge is -2.26. The Morgan fingerprint density at radius 1 is 1.03 bits per heavy atom. The molecule has 0 aliphatic carbocycles. The molecule has 2 aliphatic heterocycles. The quantitative estimate of drug-likeness (QED) is 0.176. The van der Waals surface area contributed by atoms with Gasteiger partial charge in [0.2, 0.25) is 6.79 Å². The molecular formula is C27H22N2O7. The fourth-order valence-electron chi connectivity index (χ4n) is 4.43. The third-order valence-corrected chi connectivity index (χ3v) is 6.33. The Labute approximate surface area is 206 Å². The van der Waals surface area contributed by atoms with Crippen LogP contribution in [-0.2, 0) is 9.59 Å². The normalized spacial score (nSPS) is 18.2. The number of aliphatic hydroxyl groups is 1. The molecule has 1 unspecified atom stereocenters. The Kier molecular flexibility index (Phi) is 5.68. The number of ketones is 1. The zero-order valence-electron chi connectivity index (χ0n) is 19.5. The molecule has 182 valence electrons. The van der Waals surface area contributed by atoms with E-state index in [9.17, 15) is 24.8 Å². The largest absolute Gasteiger partial charge is 0.507 e. The molecular weight excluding hydrogens is 464 g/mol. The lowest BCUT2D eigenvalue weighted by molar-refractivity contribution is -0.384. The van der Waals surface area contributed by atoms with Crippen LogP contribution in [0.15, 0.2) is 72.3 Å². The lowest BCUT2D eigenvalue weighted by Crippen LogP contribution is -2.29. The van der Waals surface area contributed by atoms with E-state index in [0.717, 1.165) is 5.56 Å². The van der Waals surface area contributed by atoms with Crippen LogP contribution < -0.4 is 14.4 Å². The molecule has 5 rings (SSSR count). The van der Waals surface area contributed by atoms with E-state index in [0.29, 0.717) is 22.7 Å². The van der Waals surface area contributed by atoms with Gasteiger partial charge in [-0.1, -0.05) is 50.2 Å². The second-order valence-corrected chi connectivity index (χ2v) is 8.84. The number of hydrogen-bond acceptors (Lipinski definition) is 7. The van der Waals surface area contributed by atoms with E-state index in [-0.39, 0.29) is 29.5 Å². The molecule has 1 fully saturated rings. The van der Waals surface area contributed by atoms with Gasteiger partial charge < -0.3 is 14.6 Å². The Hall–Kier alpha value is -4.66. The number of amides is 1. The highest BCUT2D eigenvalue weighted by Crippen LogP contribution is 2.45. The molecule has 36 heavy (non-hydrogen) atoms. The average Bonchev–Trinajstić information content (AvgIpc) is 3.45.